The Kier molecular flexibility index (Phi) is 3.72. The van der Waals surface area contributed by atoms with Crippen molar-refractivity contribution in [3.05, 3.63) is 53.1 Å². The Hall–Kier alpha value is -2.47. The summed E-state index contributed by atoms with van der Waals surface area (Å²) in [5.74, 6) is -1.16. The summed E-state index contributed by atoms with van der Waals surface area (Å²) in [5.41, 5.74) is 5.78. The van der Waals surface area contributed by atoms with Gasteiger partial charge >= 0.3 is 0 Å². The molecule has 96 valence electrons. The predicted octanol–water partition coefficient (Wildman–Crippen LogP) is 1.48. The van der Waals surface area contributed by atoms with Crippen molar-refractivity contribution in [3.63, 3.8) is 0 Å². The maximum absolute atomic E-state index is 11.9. The molecule has 0 radical (unpaired) electrons. The minimum Gasteiger partial charge on any atom is -0.366 e. The molecule has 2 amide bonds. The fourth-order valence-corrected chi connectivity index (χ4v) is 1.59. The zero-order valence-corrected chi connectivity index (χ0v) is 10.4. The van der Waals surface area contributed by atoms with Gasteiger partial charge in [0.25, 0.3) is 11.8 Å². The zero-order valence-electron chi connectivity index (χ0n) is 9.63. The smallest absolute Gasteiger partial charge is 0.275 e. The van der Waals surface area contributed by atoms with Gasteiger partial charge < -0.3 is 11.1 Å². The number of carbonyl (C=O) groups is 2. The molecule has 1 aromatic heterocycles. The molecule has 2 aromatic rings. The van der Waals surface area contributed by atoms with Gasteiger partial charge in [0.1, 0.15) is 10.8 Å². The Morgan fingerprint density at radius 1 is 1.21 bits per heavy atom. The molecule has 2 rings (SSSR count). The molecule has 0 saturated heterocycles. The first-order chi connectivity index (χ1) is 9.08. The third-order valence-electron chi connectivity index (χ3n) is 2.28. The molecule has 0 atom stereocenters. The van der Waals surface area contributed by atoms with E-state index in [-0.39, 0.29) is 16.4 Å². The van der Waals surface area contributed by atoms with Crippen molar-refractivity contribution in [1.82, 2.24) is 9.97 Å². The van der Waals surface area contributed by atoms with Gasteiger partial charge in [0.2, 0.25) is 0 Å². The average molecular weight is 277 g/mol. The van der Waals surface area contributed by atoms with Gasteiger partial charge in [-0.3, -0.25) is 14.6 Å². The molecule has 0 bridgehead atoms. The molecule has 0 saturated carbocycles. The average Bonchev–Trinajstić information content (AvgIpc) is 2.39. The molecule has 0 aliphatic carbocycles. The summed E-state index contributed by atoms with van der Waals surface area (Å²) in [6.07, 6.45) is 2.59. The van der Waals surface area contributed by atoms with Gasteiger partial charge in [-0.05, 0) is 12.1 Å². The van der Waals surface area contributed by atoms with Gasteiger partial charge in [-0.2, -0.15) is 0 Å². The summed E-state index contributed by atoms with van der Waals surface area (Å²) >= 11 is 5.65. The number of rotatable bonds is 3. The monoisotopic (exact) mass is 276 g/mol. The van der Waals surface area contributed by atoms with Crippen molar-refractivity contribution in [2.45, 2.75) is 0 Å². The number of aromatic nitrogens is 2. The van der Waals surface area contributed by atoms with E-state index < -0.39 is 11.8 Å². The van der Waals surface area contributed by atoms with E-state index in [2.05, 4.69) is 15.3 Å². The Labute approximate surface area is 113 Å². The summed E-state index contributed by atoms with van der Waals surface area (Å²) in [4.78, 5) is 30.7. The first kappa shape index (κ1) is 13.0. The maximum atomic E-state index is 11.9. The number of para-hydroxylation sites is 1. The number of carbonyl (C=O) groups excluding carboxylic acids is 2. The molecule has 0 unspecified atom stereocenters. The van der Waals surface area contributed by atoms with Crippen LogP contribution in [-0.2, 0) is 0 Å². The highest BCUT2D eigenvalue weighted by atomic mass is 35.5. The van der Waals surface area contributed by atoms with Gasteiger partial charge in [-0.15, -0.1) is 0 Å². The molecule has 6 nitrogen and oxygen atoms in total. The highest BCUT2D eigenvalue weighted by Gasteiger charge is 2.13. The van der Waals surface area contributed by atoms with Crippen LogP contribution in [0.2, 0.25) is 5.15 Å². The predicted molar refractivity (Wildman–Crippen MR) is 70.0 cm³/mol. The number of benzene rings is 1. The van der Waals surface area contributed by atoms with Crippen LogP contribution < -0.4 is 11.1 Å². The molecule has 3 N–H and O–H groups in total. The third-order valence-corrected chi connectivity index (χ3v) is 2.46. The summed E-state index contributed by atoms with van der Waals surface area (Å²) < 4.78 is 0. The molecule has 0 spiro atoms. The first-order valence-corrected chi connectivity index (χ1v) is 5.63. The van der Waals surface area contributed by atoms with E-state index in [9.17, 15) is 9.59 Å². The standard InChI is InChI=1S/C12H9ClN4O2/c13-10-6-15-5-9(16-10)12(19)17-8-4-2-1-3-7(8)11(14)18/h1-6H,(H2,14,18)(H,17,19). The fraction of sp³-hybridized carbons (Fsp3) is 0. The number of halogens is 1. The number of anilines is 1. The number of nitrogens with one attached hydrogen (secondary N) is 1. The number of nitrogens with zero attached hydrogens (tertiary/aromatic N) is 2. The van der Waals surface area contributed by atoms with E-state index in [1.807, 2.05) is 0 Å². The van der Waals surface area contributed by atoms with E-state index in [0.29, 0.717) is 5.69 Å². The Balaban J connectivity index is 2.27. The molecule has 0 aliphatic rings. The lowest BCUT2D eigenvalue weighted by Gasteiger charge is -2.08. The van der Waals surface area contributed by atoms with E-state index in [1.165, 1.54) is 18.5 Å². The van der Waals surface area contributed by atoms with Crippen LogP contribution >= 0.6 is 11.6 Å². The van der Waals surface area contributed by atoms with Gasteiger partial charge in [0.15, 0.2) is 0 Å². The van der Waals surface area contributed by atoms with Crippen LogP contribution in [0.5, 0.6) is 0 Å². The molecular weight excluding hydrogens is 268 g/mol. The quantitative estimate of drug-likeness (QED) is 0.887. The second kappa shape index (κ2) is 5.45. The van der Waals surface area contributed by atoms with Crippen LogP contribution in [0.25, 0.3) is 0 Å². The second-order valence-corrected chi connectivity index (χ2v) is 3.98. The van der Waals surface area contributed by atoms with E-state index >= 15 is 0 Å². The van der Waals surface area contributed by atoms with Gasteiger partial charge in [0, 0.05) is 0 Å². The van der Waals surface area contributed by atoms with E-state index in [1.54, 1.807) is 18.2 Å². The molecule has 1 aromatic carbocycles. The molecular formula is C12H9ClN4O2. The molecule has 7 heteroatoms. The van der Waals surface area contributed by atoms with Gasteiger partial charge in [-0.1, -0.05) is 23.7 Å². The number of primary amides is 1. The Morgan fingerprint density at radius 3 is 2.63 bits per heavy atom. The Morgan fingerprint density at radius 2 is 1.95 bits per heavy atom. The number of amides is 2. The molecule has 0 aliphatic heterocycles. The summed E-state index contributed by atoms with van der Waals surface area (Å²) in [5, 5.41) is 2.64. The lowest BCUT2D eigenvalue weighted by atomic mass is 10.1. The summed E-state index contributed by atoms with van der Waals surface area (Å²) in [7, 11) is 0. The van der Waals surface area contributed by atoms with Gasteiger partial charge in [-0.25, -0.2) is 4.98 Å². The first-order valence-electron chi connectivity index (χ1n) is 5.25. The van der Waals surface area contributed by atoms with Crippen molar-refractivity contribution in [2.24, 2.45) is 5.73 Å². The van der Waals surface area contributed by atoms with Crippen LogP contribution in [-0.4, -0.2) is 21.8 Å². The third kappa shape index (κ3) is 3.05. The van der Waals surface area contributed by atoms with Crippen molar-refractivity contribution in [2.75, 3.05) is 5.32 Å². The van der Waals surface area contributed by atoms with Crippen LogP contribution in [0.4, 0.5) is 5.69 Å². The number of hydrogen-bond donors (Lipinski definition) is 2. The Bertz CT molecular complexity index is 645. The highest BCUT2D eigenvalue weighted by molar-refractivity contribution is 6.29. The normalized spacial score (nSPS) is 9.95. The molecule has 19 heavy (non-hydrogen) atoms. The van der Waals surface area contributed by atoms with Gasteiger partial charge in [0.05, 0.1) is 23.6 Å². The summed E-state index contributed by atoms with van der Waals surface area (Å²) in [6, 6.07) is 6.40. The maximum Gasteiger partial charge on any atom is 0.275 e. The van der Waals surface area contributed by atoms with Crippen molar-refractivity contribution in [3.8, 4) is 0 Å². The second-order valence-electron chi connectivity index (χ2n) is 3.59. The largest absolute Gasteiger partial charge is 0.366 e. The van der Waals surface area contributed by atoms with Crippen LogP contribution in [0.15, 0.2) is 36.7 Å². The van der Waals surface area contributed by atoms with Crippen molar-refractivity contribution < 1.29 is 9.59 Å². The highest BCUT2D eigenvalue weighted by Crippen LogP contribution is 2.15. The van der Waals surface area contributed by atoms with Crippen molar-refractivity contribution in [1.29, 1.82) is 0 Å². The summed E-state index contributed by atoms with van der Waals surface area (Å²) in [6.45, 7) is 0. The molecule has 1 heterocycles. The molecule has 0 fully saturated rings. The number of nitrogens with two attached hydrogens (primary N) is 1. The van der Waals surface area contributed by atoms with E-state index in [4.69, 9.17) is 17.3 Å². The zero-order chi connectivity index (χ0) is 13.8. The minimum absolute atomic E-state index is 0.0479. The SMILES string of the molecule is NC(=O)c1ccccc1NC(=O)c1cncc(Cl)n1. The number of hydrogen-bond acceptors (Lipinski definition) is 4. The lowest BCUT2D eigenvalue weighted by Crippen LogP contribution is -2.19. The van der Waals surface area contributed by atoms with Crippen molar-refractivity contribution >= 4 is 29.1 Å². The van der Waals surface area contributed by atoms with Crippen LogP contribution in [0, 0.1) is 0 Å². The minimum atomic E-state index is -0.631. The topological polar surface area (TPSA) is 98.0 Å². The van der Waals surface area contributed by atoms with Crippen LogP contribution in [0.3, 0.4) is 0 Å². The fourth-order valence-electron chi connectivity index (χ4n) is 1.44. The van der Waals surface area contributed by atoms with Crippen LogP contribution in [0.1, 0.15) is 20.8 Å². The van der Waals surface area contributed by atoms with E-state index in [0.717, 1.165) is 0 Å². The lowest BCUT2D eigenvalue weighted by molar-refractivity contribution is 0.100.